The standard InChI is InChI=1S/C17H20N2O3/c1-4-9(2)18-15(21)12-13-16(22)19-11-8-6-5-7-10(11)14(20)17(12,13)3/h5-9,12-13H,4H2,1-3H3,(H,18,21)(H,19,22)/t9-,12-,13+,17+/m0/s1. The van der Waals surface area contributed by atoms with Crippen molar-refractivity contribution in [3.63, 3.8) is 0 Å². The van der Waals surface area contributed by atoms with Crippen LogP contribution >= 0.6 is 0 Å². The zero-order valence-electron chi connectivity index (χ0n) is 13.0. The highest BCUT2D eigenvalue weighted by molar-refractivity contribution is 6.19. The molecule has 1 aliphatic carbocycles. The molecule has 1 fully saturated rings. The van der Waals surface area contributed by atoms with Crippen molar-refractivity contribution in [1.29, 1.82) is 0 Å². The Hall–Kier alpha value is -2.17. The Balaban J connectivity index is 1.94. The van der Waals surface area contributed by atoms with Crippen LogP contribution in [0.2, 0.25) is 0 Å². The van der Waals surface area contributed by atoms with Gasteiger partial charge in [0.05, 0.1) is 22.9 Å². The molecule has 1 aromatic carbocycles. The van der Waals surface area contributed by atoms with Crippen molar-refractivity contribution in [2.45, 2.75) is 33.2 Å². The van der Waals surface area contributed by atoms with Gasteiger partial charge in [-0.1, -0.05) is 26.0 Å². The molecule has 0 unspecified atom stereocenters. The van der Waals surface area contributed by atoms with Crippen molar-refractivity contribution in [1.82, 2.24) is 5.32 Å². The summed E-state index contributed by atoms with van der Waals surface area (Å²) in [5.41, 5.74) is 0.0838. The van der Waals surface area contributed by atoms with Crippen LogP contribution in [0.3, 0.4) is 0 Å². The molecule has 1 saturated carbocycles. The van der Waals surface area contributed by atoms with Gasteiger partial charge in [0, 0.05) is 11.6 Å². The normalized spacial score (nSPS) is 30.5. The first kappa shape index (κ1) is 14.8. The summed E-state index contributed by atoms with van der Waals surface area (Å²) >= 11 is 0. The molecular formula is C17H20N2O3. The summed E-state index contributed by atoms with van der Waals surface area (Å²) in [5, 5.41) is 5.67. The second-order valence-corrected chi connectivity index (χ2v) is 6.42. The van der Waals surface area contributed by atoms with Gasteiger partial charge in [0.25, 0.3) is 0 Å². The maximum Gasteiger partial charge on any atom is 0.229 e. The van der Waals surface area contributed by atoms with E-state index >= 15 is 0 Å². The van der Waals surface area contributed by atoms with Crippen molar-refractivity contribution in [3.05, 3.63) is 29.8 Å². The lowest BCUT2D eigenvalue weighted by molar-refractivity contribution is -0.125. The van der Waals surface area contributed by atoms with Crippen LogP contribution in [0.25, 0.3) is 0 Å². The van der Waals surface area contributed by atoms with Gasteiger partial charge in [-0.3, -0.25) is 14.4 Å². The lowest BCUT2D eigenvalue weighted by atomic mass is 9.92. The highest BCUT2D eigenvalue weighted by Gasteiger charge is 2.73. The van der Waals surface area contributed by atoms with Gasteiger partial charge >= 0.3 is 0 Å². The Labute approximate surface area is 129 Å². The van der Waals surface area contributed by atoms with E-state index in [1.54, 1.807) is 31.2 Å². The number of hydrogen-bond acceptors (Lipinski definition) is 3. The average molecular weight is 300 g/mol. The monoisotopic (exact) mass is 300 g/mol. The number of fused-ring (bicyclic) bond motifs is 2. The summed E-state index contributed by atoms with van der Waals surface area (Å²) in [7, 11) is 0. The van der Waals surface area contributed by atoms with E-state index in [4.69, 9.17) is 0 Å². The summed E-state index contributed by atoms with van der Waals surface area (Å²) < 4.78 is 0. The molecule has 3 rings (SSSR count). The first-order valence-electron chi connectivity index (χ1n) is 7.66. The zero-order chi connectivity index (χ0) is 16.1. The van der Waals surface area contributed by atoms with Crippen molar-refractivity contribution in [2.75, 3.05) is 5.32 Å². The quantitative estimate of drug-likeness (QED) is 0.896. The number of carbonyl (C=O) groups excluding carboxylic acids is 3. The fourth-order valence-electron chi connectivity index (χ4n) is 3.37. The maximum absolute atomic E-state index is 12.8. The van der Waals surface area contributed by atoms with Crippen LogP contribution < -0.4 is 10.6 Å². The summed E-state index contributed by atoms with van der Waals surface area (Å²) in [6, 6.07) is 6.99. The van der Waals surface area contributed by atoms with Crippen molar-refractivity contribution < 1.29 is 14.4 Å². The van der Waals surface area contributed by atoms with Crippen LogP contribution in [0, 0.1) is 17.3 Å². The average Bonchev–Trinajstić information content (AvgIpc) is 3.15. The minimum Gasteiger partial charge on any atom is -0.353 e. The summed E-state index contributed by atoms with van der Waals surface area (Å²) in [5.74, 6) is -1.75. The van der Waals surface area contributed by atoms with Gasteiger partial charge in [-0.2, -0.15) is 0 Å². The number of carbonyl (C=O) groups is 3. The van der Waals surface area contributed by atoms with E-state index in [0.29, 0.717) is 11.3 Å². The number of benzene rings is 1. The topological polar surface area (TPSA) is 75.3 Å². The lowest BCUT2D eigenvalue weighted by Crippen LogP contribution is -2.35. The maximum atomic E-state index is 12.8. The summed E-state index contributed by atoms with van der Waals surface area (Å²) in [6.45, 7) is 5.62. The molecule has 2 N–H and O–H groups in total. The molecule has 0 aromatic heterocycles. The lowest BCUT2D eigenvalue weighted by Gasteiger charge is -2.15. The molecule has 0 spiro atoms. The van der Waals surface area contributed by atoms with Crippen molar-refractivity contribution in [2.24, 2.45) is 17.3 Å². The molecule has 1 aliphatic heterocycles. The minimum absolute atomic E-state index is 0.0337. The van der Waals surface area contributed by atoms with Gasteiger partial charge in [0.1, 0.15) is 0 Å². The number of rotatable bonds is 3. The first-order chi connectivity index (χ1) is 10.4. The van der Waals surface area contributed by atoms with E-state index in [0.717, 1.165) is 6.42 Å². The molecule has 0 saturated heterocycles. The van der Waals surface area contributed by atoms with Gasteiger partial charge in [0.15, 0.2) is 5.78 Å². The van der Waals surface area contributed by atoms with Crippen LogP contribution in [0.1, 0.15) is 37.6 Å². The number of para-hydroxylation sites is 1. The third-order valence-corrected chi connectivity index (χ3v) is 5.00. The van der Waals surface area contributed by atoms with E-state index in [1.165, 1.54) is 0 Å². The smallest absolute Gasteiger partial charge is 0.229 e. The molecule has 0 bridgehead atoms. The number of anilines is 1. The molecule has 2 aliphatic rings. The fraction of sp³-hybridized carbons (Fsp3) is 0.471. The van der Waals surface area contributed by atoms with Crippen molar-refractivity contribution in [3.8, 4) is 0 Å². The number of Topliss-reactive ketones (excluding diaryl/α,β-unsaturated/α-hetero) is 1. The number of amides is 2. The molecule has 116 valence electrons. The highest BCUT2D eigenvalue weighted by Crippen LogP contribution is 2.62. The molecule has 22 heavy (non-hydrogen) atoms. The Kier molecular flexibility index (Phi) is 3.31. The Bertz CT molecular complexity index is 670. The first-order valence-corrected chi connectivity index (χ1v) is 7.66. The Morgan fingerprint density at radius 3 is 2.73 bits per heavy atom. The van der Waals surface area contributed by atoms with Crippen molar-refractivity contribution >= 4 is 23.3 Å². The SMILES string of the molecule is CC[C@H](C)NC(=O)[C@@H]1[C@@H]2C(=O)Nc3ccccc3C(=O)[C@]12C. The van der Waals surface area contributed by atoms with Crippen LogP contribution in [-0.2, 0) is 9.59 Å². The van der Waals surface area contributed by atoms with Gasteiger partial charge < -0.3 is 10.6 Å². The van der Waals surface area contributed by atoms with Gasteiger partial charge in [-0.05, 0) is 25.5 Å². The molecule has 5 heteroatoms. The second kappa shape index (κ2) is 4.93. The van der Waals surface area contributed by atoms with E-state index in [1.807, 2.05) is 13.8 Å². The molecule has 1 heterocycles. The molecule has 4 atom stereocenters. The largest absolute Gasteiger partial charge is 0.353 e. The van der Waals surface area contributed by atoms with E-state index in [2.05, 4.69) is 10.6 Å². The third-order valence-electron chi connectivity index (χ3n) is 5.00. The van der Waals surface area contributed by atoms with Gasteiger partial charge in [-0.15, -0.1) is 0 Å². The van der Waals surface area contributed by atoms with Gasteiger partial charge in [-0.25, -0.2) is 0 Å². The minimum atomic E-state index is -0.936. The molecule has 1 aromatic rings. The predicted octanol–water partition coefficient (Wildman–Crippen LogP) is 1.99. The fourth-order valence-corrected chi connectivity index (χ4v) is 3.37. The Morgan fingerprint density at radius 1 is 1.36 bits per heavy atom. The number of ketones is 1. The van der Waals surface area contributed by atoms with E-state index < -0.39 is 17.3 Å². The van der Waals surface area contributed by atoms with Crippen LogP contribution in [0.5, 0.6) is 0 Å². The number of nitrogens with one attached hydrogen (secondary N) is 2. The van der Waals surface area contributed by atoms with Crippen LogP contribution in [0.15, 0.2) is 24.3 Å². The van der Waals surface area contributed by atoms with Crippen LogP contribution in [-0.4, -0.2) is 23.6 Å². The summed E-state index contributed by atoms with van der Waals surface area (Å²) in [6.07, 6.45) is 0.808. The summed E-state index contributed by atoms with van der Waals surface area (Å²) in [4.78, 5) is 37.7. The second-order valence-electron chi connectivity index (χ2n) is 6.42. The third kappa shape index (κ3) is 1.95. The molecular weight excluding hydrogens is 280 g/mol. The van der Waals surface area contributed by atoms with Crippen LogP contribution in [0.4, 0.5) is 5.69 Å². The Morgan fingerprint density at radius 2 is 2.05 bits per heavy atom. The highest BCUT2D eigenvalue weighted by atomic mass is 16.2. The molecule has 2 amide bonds. The van der Waals surface area contributed by atoms with E-state index in [-0.39, 0.29) is 23.6 Å². The van der Waals surface area contributed by atoms with Gasteiger partial charge in [0.2, 0.25) is 11.8 Å². The number of hydrogen-bond donors (Lipinski definition) is 2. The molecule has 0 radical (unpaired) electrons. The predicted molar refractivity (Wildman–Crippen MR) is 82.4 cm³/mol. The zero-order valence-corrected chi connectivity index (χ0v) is 13.0. The molecule has 5 nitrogen and oxygen atoms in total. The van der Waals surface area contributed by atoms with E-state index in [9.17, 15) is 14.4 Å².